The van der Waals surface area contributed by atoms with E-state index < -0.39 is 0 Å². The number of allylic oxidation sites excluding steroid dienone is 2. The summed E-state index contributed by atoms with van der Waals surface area (Å²) in [5.41, 5.74) is 9.15. The Balaban J connectivity index is 1.64. The molecule has 1 saturated heterocycles. The SMILES string of the molecule is NCc1cccc(C2=N/C=C(/OCCN3CCOCC3)C=CCCC2)c1. The highest BCUT2D eigenvalue weighted by Crippen LogP contribution is 2.15. The lowest BCUT2D eigenvalue weighted by atomic mass is 10.0. The minimum absolute atomic E-state index is 0.550. The van der Waals surface area contributed by atoms with E-state index in [4.69, 9.17) is 20.2 Å². The van der Waals surface area contributed by atoms with Gasteiger partial charge in [-0.3, -0.25) is 9.89 Å². The van der Waals surface area contributed by atoms with Gasteiger partial charge in [-0.15, -0.1) is 0 Å². The number of morpholine rings is 1. The van der Waals surface area contributed by atoms with E-state index in [0.29, 0.717) is 13.2 Å². The summed E-state index contributed by atoms with van der Waals surface area (Å²) in [6.07, 6.45) is 9.13. The van der Waals surface area contributed by atoms with Crippen LogP contribution in [0.5, 0.6) is 0 Å². The molecule has 5 nitrogen and oxygen atoms in total. The van der Waals surface area contributed by atoms with Gasteiger partial charge in [-0.05, 0) is 42.5 Å². The molecule has 2 N–H and O–H groups in total. The van der Waals surface area contributed by atoms with Crippen LogP contribution in [0.25, 0.3) is 0 Å². The van der Waals surface area contributed by atoms with Crippen molar-refractivity contribution in [2.24, 2.45) is 10.7 Å². The molecule has 26 heavy (non-hydrogen) atoms. The summed E-state index contributed by atoms with van der Waals surface area (Å²) in [7, 11) is 0. The molecule has 0 saturated carbocycles. The quantitative estimate of drug-likeness (QED) is 0.852. The van der Waals surface area contributed by atoms with Gasteiger partial charge in [-0.1, -0.05) is 24.3 Å². The van der Waals surface area contributed by atoms with E-state index in [1.54, 1.807) is 0 Å². The van der Waals surface area contributed by atoms with Crippen molar-refractivity contribution >= 4 is 5.71 Å². The second-order valence-corrected chi connectivity index (χ2v) is 6.61. The summed E-state index contributed by atoms with van der Waals surface area (Å²) in [4.78, 5) is 7.11. The minimum Gasteiger partial charge on any atom is -0.491 e. The van der Waals surface area contributed by atoms with E-state index in [2.05, 4.69) is 29.2 Å². The molecule has 2 aliphatic heterocycles. The largest absolute Gasteiger partial charge is 0.491 e. The van der Waals surface area contributed by atoms with Crippen molar-refractivity contribution in [1.82, 2.24) is 4.90 Å². The van der Waals surface area contributed by atoms with E-state index in [1.807, 2.05) is 18.3 Å². The summed E-state index contributed by atoms with van der Waals surface area (Å²) >= 11 is 0. The fourth-order valence-corrected chi connectivity index (χ4v) is 3.14. The lowest BCUT2D eigenvalue weighted by Crippen LogP contribution is -2.38. The molecule has 2 heterocycles. The molecule has 140 valence electrons. The van der Waals surface area contributed by atoms with Gasteiger partial charge in [-0.2, -0.15) is 0 Å². The van der Waals surface area contributed by atoms with E-state index in [1.165, 1.54) is 0 Å². The Labute approximate surface area is 156 Å². The normalized spacial score (nSPS) is 21.1. The zero-order valence-corrected chi connectivity index (χ0v) is 15.4. The maximum atomic E-state index is 5.97. The first-order valence-corrected chi connectivity index (χ1v) is 9.51. The standard InChI is InChI=1S/C21H29N3O2/c22-16-18-5-4-6-19(15-18)21-8-3-1-2-7-20(17-23-21)26-14-11-24-9-12-25-13-10-24/h2,4-7,15,17H,1,3,8-14,16,22H2/b7-2?,20-17+,23-21?. The fourth-order valence-electron chi connectivity index (χ4n) is 3.14. The predicted molar refractivity (Wildman–Crippen MR) is 105 cm³/mol. The molecule has 5 heteroatoms. The fraction of sp³-hybridized carbons (Fsp3) is 0.476. The van der Waals surface area contributed by atoms with Gasteiger partial charge < -0.3 is 15.2 Å². The Morgan fingerprint density at radius 1 is 1.23 bits per heavy atom. The van der Waals surface area contributed by atoms with Gasteiger partial charge in [0.05, 0.1) is 19.4 Å². The third kappa shape index (κ3) is 5.80. The minimum atomic E-state index is 0.550. The summed E-state index contributed by atoms with van der Waals surface area (Å²) in [6, 6.07) is 8.35. The summed E-state index contributed by atoms with van der Waals surface area (Å²) in [6.45, 7) is 5.74. The zero-order valence-electron chi connectivity index (χ0n) is 15.4. The Morgan fingerprint density at radius 3 is 2.96 bits per heavy atom. The molecule has 0 aliphatic carbocycles. The smallest absolute Gasteiger partial charge is 0.137 e. The number of nitrogens with two attached hydrogens (primary N) is 1. The first-order valence-electron chi connectivity index (χ1n) is 9.51. The molecule has 0 amide bonds. The van der Waals surface area contributed by atoms with Crippen LogP contribution in [-0.2, 0) is 16.0 Å². The summed E-state index contributed by atoms with van der Waals surface area (Å²) in [5, 5.41) is 0. The Hall–Kier alpha value is -1.95. The van der Waals surface area contributed by atoms with Crippen molar-refractivity contribution in [3.63, 3.8) is 0 Å². The first kappa shape index (κ1) is 18.8. The molecule has 1 fully saturated rings. The highest BCUT2D eigenvalue weighted by atomic mass is 16.5. The van der Waals surface area contributed by atoms with E-state index in [9.17, 15) is 0 Å². The van der Waals surface area contributed by atoms with Crippen LogP contribution in [0.1, 0.15) is 30.4 Å². The molecule has 0 radical (unpaired) electrons. The Morgan fingerprint density at radius 2 is 2.12 bits per heavy atom. The number of aliphatic imine (C=N–C) groups is 1. The van der Waals surface area contributed by atoms with Crippen LogP contribution >= 0.6 is 0 Å². The first-order chi connectivity index (χ1) is 12.8. The lowest BCUT2D eigenvalue weighted by Gasteiger charge is -2.26. The number of ether oxygens (including phenoxy) is 2. The van der Waals surface area contributed by atoms with E-state index in [-0.39, 0.29) is 0 Å². The Kier molecular flexibility index (Phi) is 7.43. The zero-order chi connectivity index (χ0) is 18.0. The number of hydrogen-bond donors (Lipinski definition) is 1. The van der Waals surface area contributed by atoms with Gasteiger partial charge in [0.1, 0.15) is 12.4 Å². The van der Waals surface area contributed by atoms with Crippen LogP contribution in [-0.4, -0.2) is 50.1 Å². The van der Waals surface area contributed by atoms with Crippen LogP contribution < -0.4 is 5.73 Å². The molecule has 0 aromatic heterocycles. The maximum absolute atomic E-state index is 5.97. The third-order valence-electron chi connectivity index (χ3n) is 4.69. The summed E-state index contributed by atoms with van der Waals surface area (Å²) < 4.78 is 11.4. The molecule has 0 bridgehead atoms. The molecular formula is C21H29N3O2. The van der Waals surface area contributed by atoms with Crippen molar-refractivity contribution in [2.75, 3.05) is 39.5 Å². The average molecular weight is 355 g/mol. The van der Waals surface area contributed by atoms with E-state index >= 15 is 0 Å². The second-order valence-electron chi connectivity index (χ2n) is 6.61. The second kappa shape index (κ2) is 10.3. The van der Waals surface area contributed by atoms with Crippen LogP contribution in [0.15, 0.2) is 53.4 Å². The molecule has 1 aromatic rings. The van der Waals surface area contributed by atoms with Crippen LogP contribution in [0.2, 0.25) is 0 Å². The van der Waals surface area contributed by atoms with Gasteiger partial charge in [-0.25, -0.2) is 0 Å². The van der Waals surface area contributed by atoms with Gasteiger partial charge in [0.2, 0.25) is 0 Å². The number of hydrogen-bond acceptors (Lipinski definition) is 5. The van der Waals surface area contributed by atoms with Crippen molar-refractivity contribution < 1.29 is 9.47 Å². The Bertz CT molecular complexity index is 661. The molecule has 2 aliphatic rings. The summed E-state index contributed by atoms with van der Waals surface area (Å²) in [5.74, 6) is 0.827. The molecule has 0 atom stereocenters. The topological polar surface area (TPSA) is 60.1 Å². The van der Waals surface area contributed by atoms with E-state index in [0.717, 1.165) is 74.7 Å². The van der Waals surface area contributed by atoms with Gasteiger partial charge in [0.15, 0.2) is 0 Å². The average Bonchev–Trinajstić information content (AvgIpc) is 2.81. The number of benzene rings is 1. The lowest BCUT2D eigenvalue weighted by molar-refractivity contribution is 0.0281. The third-order valence-corrected chi connectivity index (χ3v) is 4.69. The van der Waals surface area contributed by atoms with Gasteiger partial charge in [0, 0.05) is 31.9 Å². The van der Waals surface area contributed by atoms with Crippen molar-refractivity contribution in [2.45, 2.75) is 25.8 Å². The number of rotatable bonds is 6. The molecular weight excluding hydrogens is 326 g/mol. The molecule has 0 unspecified atom stereocenters. The highest BCUT2D eigenvalue weighted by molar-refractivity contribution is 6.01. The molecule has 3 rings (SSSR count). The predicted octanol–water partition coefficient (Wildman–Crippen LogP) is 2.86. The maximum Gasteiger partial charge on any atom is 0.137 e. The monoisotopic (exact) mass is 355 g/mol. The van der Waals surface area contributed by atoms with Crippen LogP contribution in [0, 0.1) is 0 Å². The number of nitrogens with zero attached hydrogens (tertiary/aromatic N) is 2. The van der Waals surface area contributed by atoms with Gasteiger partial charge >= 0.3 is 0 Å². The van der Waals surface area contributed by atoms with Crippen molar-refractivity contribution in [3.05, 3.63) is 59.5 Å². The molecule has 0 spiro atoms. The van der Waals surface area contributed by atoms with Gasteiger partial charge in [0.25, 0.3) is 0 Å². The molecule has 1 aromatic carbocycles. The van der Waals surface area contributed by atoms with Crippen molar-refractivity contribution in [1.29, 1.82) is 0 Å². The van der Waals surface area contributed by atoms with Crippen molar-refractivity contribution in [3.8, 4) is 0 Å². The highest BCUT2D eigenvalue weighted by Gasteiger charge is 2.10. The van der Waals surface area contributed by atoms with Crippen LogP contribution in [0.3, 0.4) is 0 Å². The van der Waals surface area contributed by atoms with Crippen LogP contribution in [0.4, 0.5) is 0 Å².